The summed E-state index contributed by atoms with van der Waals surface area (Å²) in [6.07, 6.45) is 0.126. The number of ether oxygens (including phenoxy) is 1. The summed E-state index contributed by atoms with van der Waals surface area (Å²) < 4.78 is 4.67. The molecule has 0 aromatic heterocycles. The number of esters is 1. The van der Waals surface area contributed by atoms with E-state index >= 15 is 0 Å². The number of Topliss-reactive ketones (excluding diaryl/α,β-unsaturated/α-hetero) is 2. The van der Waals surface area contributed by atoms with Gasteiger partial charge in [-0.25, -0.2) is 0 Å². The Balaban J connectivity index is 2.68. The zero-order valence-electron chi connectivity index (χ0n) is 11.6. The van der Waals surface area contributed by atoms with Crippen molar-refractivity contribution in [3.05, 3.63) is 11.3 Å². The fraction of sp³-hybridized carbons (Fsp3) is 0.643. The molecule has 5 nitrogen and oxygen atoms in total. The molecule has 0 aromatic rings. The fourth-order valence-electron chi connectivity index (χ4n) is 2.16. The van der Waals surface area contributed by atoms with Crippen LogP contribution < -0.4 is 0 Å². The van der Waals surface area contributed by atoms with Crippen molar-refractivity contribution in [2.24, 2.45) is 5.41 Å². The molecular weight excluding hydrogens is 248 g/mol. The van der Waals surface area contributed by atoms with E-state index in [0.29, 0.717) is 12.8 Å². The minimum absolute atomic E-state index is 0.0292. The van der Waals surface area contributed by atoms with Crippen molar-refractivity contribution in [3.8, 4) is 0 Å². The van der Waals surface area contributed by atoms with Crippen LogP contribution in [0.3, 0.4) is 0 Å². The highest BCUT2D eigenvalue weighted by Crippen LogP contribution is 2.36. The molecule has 1 aliphatic carbocycles. The molecule has 0 radical (unpaired) electrons. The van der Waals surface area contributed by atoms with Crippen molar-refractivity contribution in [1.29, 1.82) is 0 Å². The van der Waals surface area contributed by atoms with E-state index in [2.05, 4.69) is 4.74 Å². The van der Waals surface area contributed by atoms with E-state index in [1.165, 1.54) is 0 Å². The zero-order chi connectivity index (χ0) is 14.6. The third-order valence-electron chi connectivity index (χ3n) is 2.99. The largest absolute Gasteiger partial charge is 0.512 e. The van der Waals surface area contributed by atoms with Gasteiger partial charge in [0.15, 0.2) is 5.78 Å². The van der Waals surface area contributed by atoms with Crippen molar-refractivity contribution in [3.63, 3.8) is 0 Å². The van der Waals surface area contributed by atoms with Crippen LogP contribution in [0.2, 0.25) is 0 Å². The van der Waals surface area contributed by atoms with E-state index in [0.717, 1.165) is 0 Å². The average molecular weight is 268 g/mol. The van der Waals surface area contributed by atoms with Gasteiger partial charge < -0.3 is 9.84 Å². The Morgan fingerprint density at radius 1 is 1.32 bits per heavy atom. The first-order valence-electron chi connectivity index (χ1n) is 6.36. The van der Waals surface area contributed by atoms with E-state index < -0.39 is 11.8 Å². The molecule has 0 bridgehead atoms. The Morgan fingerprint density at radius 2 is 1.95 bits per heavy atom. The number of ketones is 2. The molecule has 1 aliphatic rings. The SMILES string of the molecule is CCOC(=O)CC(=O)CC1=C(O)CC(C)(C)CC1=O. The van der Waals surface area contributed by atoms with Gasteiger partial charge in [-0.3, -0.25) is 14.4 Å². The lowest BCUT2D eigenvalue weighted by molar-refractivity contribution is -0.145. The minimum atomic E-state index is -0.601. The summed E-state index contributed by atoms with van der Waals surface area (Å²) in [6.45, 7) is 5.65. The van der Waals surface area contributed by atoms with Gasteiger partial charge in [-0.15, -0.1) is 0 Å². The Kier molecular flexibility index (Phi) is 4.86. The lowest BCUT2D eigenvalue weighted by Gasteiger charge is -2.29. The van der Waals surface area contributed by atoms with Crippen molar-refractivity contribution in [2.45, 2.75) is 46.5 Å². The van der Waals surface area contributed by atoms with Crippen molar-refractivity contribution in [1.82, 2.24) is 0 Å². The van der Waals surface area contributed by atoms with Crippen LogP contribution in [0.25, 0.3) is 0 Å². The van der Waals surface area contributed by atoms with Gasteiger partial charge in [0.2, 0.25) is 0 Å². The van der Waals surface area contributed by atoms with E-state index in [4.69, 9.17) is 0 Å². The van der Waals surface area contributed by atoms with Gasteiger partial charge in [0.1, 0.15) is 12.2 Å². The van der Waals surface area contributed by atoms with Crippen LogP contribution in [0, 0.1) is 5.41 Å². The normalized spacial score (nSPS) is 18.4. The van der Waals surface area contributed by atoms with Crippen LogP contribution >= 0.6 is 0 Å². The number of rotatable bonds is 5. The molecule has 0 aliphatic heterocycles. The zero-order valence-corrected chi connectivity index (χ0v) is 11.6. The molecule has 106 valence electrons. The van der Waals surface area contributed by atoms with E-state index in [9.17, 15) is 19.5 Å². The number of hydrogen-bond donors (Lipinski definition) is 1. The van der Waals surface area contributed by atoms with Crippen LogP contribution in [-0.2, 0) is 19.1 Å². The second-order valence-electron chi connectivity index (χ2n) is 5.56. The molecule has 5 heteroatoms. The lowest BCUT2D eigenvalue weighted by atomic mass is 9.75. The molecular formula is C14H20O5. The summed E-state index contributed by atoms with van der Waals surface area (Å²) >= 11 is 0. The second-order valence-corrected chi connectivity index (χ2v) is 5.56. The van der Waals surface area contributed by atoms with E-state index in [1.807, 2.05) is 13.8 Å². The van der Waals surface area contributed by atoms with Gasteiger partial charge in [0, 0.05) is 24.8 Å². The molecule has 0 unspecified atom stereocenters. The maximum absolute atomic E-state index is 11.9. The number of aliphatic hydroxyl groups excluding tert-OH is 1. The number of allylic oxidation sites excluding steroid dienone is 2. The summed E-state index contributed by atoms with van der Waals surface area (Å²) in [4.78, 5) is 34.7. The fourth-order valence-corrected chi connectivity index (χ4v) is 2.16. The van der Waals surface area contributed by atoms with Gasteiger partial charge in [-0.2, -0.15) is 0 Å². The van der Waals surface area contributed by atoms with Crippen LogP contribution in [0.4, 0.5) is 0 Å². The Hall–Kier alpha value is -1.65. The summed E-state index contributed by atoms with van der Waals surface area (Å²) in [7, 11) is 0. The Morgan fingerprint density at radius 3 is 2.47 bits per heavy atom. The summed E-state index contributed by atoms with van der Waals surface area (Å²) in [5.41, 5.74) is -0.136. The average Bonchev–Trinajstić information content (AvgIpc) is 2.22. The smallest absolute Gasteiger partial charge is 0.313 e. The predicted octanol–water partition coefficient (Wildman–Crippen LogP) is 2.10. The number of carbonyl (C=O) groups excluding carboxylic acids is 3. The van der Waals surface area contributed by atoms with Gasteiger partial charge in [-0.1, -0.05) is 13.8 Å². The Bertz CT molecular complexity index is 431. The molecule has 1 N–H and O–H groups in total. The predicted molar refractivity (Wildman–Crippen MR) is 68.6 cm³/mol. The Labute approximate surface area is 112 Å². The third kappa shape index (κ3) is 4.50. The minimum Gasteiger partial charge on any atom is -0.512 e. The van der Waals surface area contributed by atoms with Gasteiger partial charge in [-0.05, 0) is 12.3 Å². The monoisotopic (exact) mass is 268 g/mol. The van der Waals surface area contributed by atoms with Crippen molar-refractivity contribution < 1.29 is 24.2 Å². The molecule has 0 fully saturated rings. The molecule has 0 atom stereocenters. The molecule has 0 spiro atoms. The lowest BCUT2D eigenvalue weighted by Crippen LogP contribution is -2.27. The molecule has 0 saturated heterocycles. The van der Waals surface area contributed by atoms with Crippen LogP contribution in [0.15, 0.2) is 11.3 Å². The maximum atomic E-state index is 11.9. The van der Waals surface area contributed by atoms with Crippen LogP contribution in [0.5, 0.6) is 0 Å². The van der Waals surface area contributed by atoms with Gasteiger partial charge in [0.25, 0.3) is 0 Å². The first-order chi connectivity index (χ1) is 8.75. The number of aliphatic hydroxyl groups is 1. The van der Waals surface area contributed by atoms with Gasteiger partial charge in [0.05, 0.1) is 12.4 Å². The standard InChI is InChI=1S/C14H20O5/c1-4-19-13(18)6-9(15)5-10-11(16)7-14(2,3)8-12(10)17/h16H,4-8H2,1-3H3. The maximum Gasteiger partial charge on any atom is 0.313 e. The number of hydrogen-bond acceptors (Lipinski definition) is 5. The highest BCUT2D eigenvalue weighted by molar-refractivity contribution is 6.05. The highest BCUT2D eigenvalue weighted by atomic mass is 16.5. The van der Waals surface area contributed by atoms with E-state index in [-0.39, 0.29) is 42.0 Å². The molecule has 1 rings (SSSR count). The second kappa shape index (κ2) is 5.99. The molecule has 19 heavy (non-hydrogen) atoms. The summed E-state index contributed by atoms with van der Waals surface area (Å²) in [5.74, 6) is -1.26. The molecule has 0 aromatic carbocycles. The molecule has 0 saturated carbocycles. The molecule has 0 amide bonds. The topological polar surface area (TPSA) is 80.7 Å². The van der Waals surface area contributed by atoms with Crippen LogP contribution in [-0.4, -0.2) is 29.2 Å². The quantitative estimate of drug-likeness (QED) is 0.610. The van der Waals surface area contributed by atoms with Crippen molar-refractivity contribution in [2.75, 3.05) is 6.61 Å². The molecule has 0 heterocycles. The van der Waals surface area contributed by atoms with Crippen LogP contribution in [0.1, 0.15) is 46.5 Å². The highest BCUT2D eigenvalue weighted by Gasteiger charge is 2.33. The number of carbonyl (C=O) groups is 3. The summed E-state index contributed by atoms with van der Waals surface area (Å²) in [6, 6.07) is 0. The summed E-state index contributed by atoms with van der Waals surface area (Å²) in [5, 5.41) is 9.85. The first kappa shape index (κ1) is 15.4. The van der Waals surface area contributed by atoms with E-state index in [1.54, 1.807) is 6.92 Å². The third-order valence-corrected chi connectivity index (χ3v) is 2.99. The van der Waals surface area contributed by atoms with Gasteiger partial charge >= 0.3 is 5.97 Å². The first-order valence-corrected chi connectivity index (χ1v) is 6.36. The van der Waals surface area contributed by atoms with Crippen molar-refractivity contribution >= 4 is 17.5 Å².